The zero-order valence-corrected chi connectivity index (χ0v) is 17.7. The molecule has 0 saturated carbocycles. The molecule has 1 aromatic carbocycles. The number of aromatic amines is 2. The zero-order chi connectivity index (χ0) is 21.6. The van der Waals surface area contributed by atoms with Crippen molar-refractivity contribution in [3.8, 4) is 16.3 Å². The van der Waals surface area contributed by atoms with Crippen molar-refractivity contribution in [1.29, 1.82) is 0 Å². The van der Waals surface area contributed by atoms with Gasteiger partial charge in [-0.2, -0.15) is 0 Å². The maximum atomic E-state index is 12.6. The van der Waals surface area contributed by atoms with Crippen molar-refractivity contribution in [2.24, 2.45) is 0 Å². The van der Waals surface area contributed by atoms with E-state index in [4.69, 9.17) is 4.74 Å². The van der Waals surface area contributed by atoms with E-state index in [0.29, 0.717) is 25.2 Å². The first-order valence-electron chi connectivity index (χ1n) is 9.70. The second kappa shape index (κ2) is 9.40. The lowest BCUT2D eigenvalue weighted by Gasteiger charge is -2.07. The highest BCUT2D eigenvalue weighted by Crippen LogP contribution is 2.25. The molecule has 158 valence electrons. The van der Waals surface area contributed by atoms with Gasteiger partial charge in [0.05, 0.1) is 18.3 Å². The molecule has 4 aromatic rings. The SMILES string of the molecule is COc1ccc(Cc2nc(C(=O)NCCc3[nH]cnc3-c3cccs3)cc(=O)[nH]2)cc1. The molecule has 0 bridgehead atoms. The first-order chi connectivity index (χ1) is 15.1. The molecule has 31 heavy (non-hydrogen) atoms. The number of imidazole rings is 1. The first kappa shape index (κ1) is 20.5. The van der Waals surface area contributed by atoms with Crippen LogP contribution in [0.2, 0.25) is 0 Å². The third-order valence-corrected chi connectivity index (χ3v) is 5.56. The summed E-state index contributed by atoms with van der Waals surface area (Å²) in [6.07, 6.45) is 2.63. The van der Waals surface area contributed by atoms with Crippen LogP contribution in [0.5, 0.6) is 5.75 Å². The summed E-state index contributed by atoms with van der Waals surface area (Å²) in [5.74, 6) is 0.786. The molecule has 0 atom stereocenters. The van der Waals surface area contributed by atoms with Crippen molar-refractivity contribution in [2.75, 3.05) is 13.7 Å². The summed E-state index contributed by atoms with van der Waals surface area (Å²) in [4.78, 5) is 40.2. The van der Waals surface area contributed by atoms with Gasteiger partial charge in [0.2, 0.25) is 0 Å². The number of rotatable bonds is 8. The van der Waals surface area contributed by atoms with E-state index < -0.39 is 0 Å². The Morgan fingerprint density at radius 1 is 1.23 bits per heavy atom. The number of nitrogens with zero attached hydrogens (tertiary/aromatic N) is 2. The number of methoxy groups -OCH3 is 1. The Morgan fingerprint density at radius 2 is 2.06 bits per heavy atom. The van der Waals surface area contributed by atoms with Gasteiger partial charge >= 0.3 is 0 Å². The first-order valence-corrected chi connectivity index (χ1v) is 10.6. The van der Waals surface area contributed by atoms with Crippen LogP contribution in [0, 0.1) is 0 Å². The predicted molar refractivity (Wildman–Crippen MR) is 119 cm³/mol. The summed E-state index contributed by atoms with van der Waals surface area (Å²) in [7, 11) is 1.60. The summed E-state index contributed by atoms with van der Waals surface area (Å²) in [6.45, 7) is 0.391. The Kier molecular flexibility index (Phi) is 6.23. The maximum absolute atomic E-state index is 12.6. The molecule has 1 amide bonds. The molecule has 0 saturated heterocycles. The number of hydrogen-bond acceptors (Lipinski definition) is 6. The van der Waals surface area contributed by atoms with Gasteiger partial charge in [0, 0.05) is 31.1 Å². The fourth-order valence-electron chi connectivity index (χ4n) is 3.17. The highest BCUT2D eigenvalue weighted by molar-refractivity contribution is 7.13. The quantitative estimate of drug-likeness (QED) is 0.394. The lowest BCUT2D eigenvalue weighted by atomic mass is 10.1. The molecule has 0 fully saturated rings. The van der Waals surface area contributed by atoms with Crippen molar-refractivity contribution in [3.05, 3.63) is 87.3 Å². The smallest absolute Gasteiger partial charge is 0.270 e. The molecule has 3 heterocycles. The van der Waals surface area contributed by atoms with Gasteiger partial charge in [0.1, 0.15) is 23.0 Å². The Balaban J connectivity index is 1.39. The second-order valence-corrected chi connectivity index (χ2v) is 7.76. The summed E-state index contributed by atoms with van der Waals surface area (Å²) in [6, 6.07) is 12.6. The maximum Gasteiger partial charge on any atom is 0.270 e. The highest BCUT2D eigenvalue weighted by atomic mass is 32.1. The van der Waals surface area contributed by atoms with Gasteiger partial charge in [-0.3, -0.25) is 9.59 Å². The number of ether oxygens (including phenoxy) is 1. The molecule has 0 radical (unpaired) electrons. The number of hydrogen-bond donors (Lipinski definition) is 3. The molecule has 3 N–H and O–H groups in total. The fraction of sp³-hybridized carbons (Fsp3) is 0.182. The van der Waals surface area contributed by atoms with Crippen molar-refractivity contribution >= 4 is 17.2 Å². The molecule has 4 rings (SSSR count). The topological polar surface area (TPSA) is 113 Å². The van der Waals surface area contributed by atoms with Gasteiger partial charge in [0.15, 0.2) is 0 Å². The average Bonchev–Trinajstić information content (AvgIpc) is 3.45. The van der Waals surface area contributed by atoms with Gasteiger partial charge in [0.25, 0.3) is 11.5 Å². The van der Waals surface area contributed by atoms with E-state index in [-0.39, 0.29) is 17.2 Å². The molecule has 8 nitrogen and oxygen atoms in total. The molecular formula is C22H21N5O3S. The van der Waals surface area contributed by atoms with Crippen molar-refractivity contribution in [1.82, 2.24) is 25.3 Å². The van der Waals surface area contributed by atoms with Crippen molar-refractivity contribution in [2.45, 2.75) is 12.8 Å². The molecule has 0 aliphatic heterocycles. The van der Waals surface area contributed by atoms with E-state index in [0.717, 1.165) is 27.6 Å². The predicted octanol–water partition coefficient (Wildman–Crippen LogP) is 2.79. The van der Waals surface area contributed by atoms with E-state index in [9.17, 15) is 9.59 Å². The minimum atomic E-state index is -0.390. The van der Waals surface area contributed by atoms with Crippen LogP contribution in [-0.2, 0) is 12.8 Å². The third kappa shape index (κ3) is 5.07. The van der Waals surface area contributed by atoms with Crippen LogP contribution < -0.4 is 15.6 Å². The Hall–Kier alpha value is -3.72. The Labute approximate surface area is 182 Å². The van der Waals surface area contributed by atoms with Crippen LogP contribution in [-0.4, -0.2) is 39.5 Å². The van der Waals surface area contributed by atoms with Crippen LogP contribution in [0.4, 0.5) is 0 Å². The molecule has 0 spiro atoms. The summed E-state index contributed by atoms with van der Waals surface area (Å²) in [5, 5.41) is 4.83. The molecule has 3 aromatic heterocycles. The number of benzene rings is 1. The van der Waals surface area contributed by atoms with Crippen molar-refractivity contribution < 1.29 is 9.53 Å². The number of carbonyl (C=O) groups excluding carboxylic acids is 1. The number of nitrogens with one attached hydrogen (secondary N) is 3. The highest BCUT2D eigenvalue weighted by Gasteiger charge is 2.13. The van der Waals surface area contributed by atoms with Gasteiger partial charge in [-0.05, 0) is 29.1 Å². The molecule has 9 heteroatoms. The number of amides is 1. The summed E-state index contributed by atoms with van der Waals surface area (Å²) < 4.78 is 5.15. The number of carbonyl (C=O) groups is 1. The van der Waals surface area contributed by atoms with Crippen LogP contribution in [0.15, 0.2) is 59.0 Å². The van der Waals surface area contributed by atoms with E-state index in [1.807, 2.05) is 41.8 Å². The normalized spacial score (nSPS) is 10.7. The number of H-pyrrole nitrogens is 2. The number of thiophene rings is 1. The summed E-state index contributed by atoms with van der Waals surface area (Å²) in [5.41, 5.74) is 2.51. The molecule has 0 aliphatic carbocycles. The van der Waals surface area contributed by atoms with Gasteiger partial charge < -0.3 is 20.0 Å². The van der Waals surface area contributed by atoms with Gasteiger partial charge in [-0.25, -0.2) is 9.97 Å². The lowest BCUT2D eigenvalue weighted by molar-refractivity contribution is 0.0948. The standard InChI is InChI=1S/C22H21N5O3S/c1-30-15-6-4-14(5-7-15)11-19-26-17(12-20(28)27-19)22(29)23-9-8-16-21(25-13-24-16)18-3-2-10-31-18/h2-7,10,12-13H,8-9,11H2,1H3,(H,23,29)(H,24,25)(H,26,27,28). The van der Waals surface area contributed by atoms with Gasteiger partial charge in [-0.1, -0.05) is 18.2 Å². The zero-order valence-electron chi connectivity index (χ0n) is 16.8. The molecule has 0 unspecified atom stereocenters. The van der Waals surface area contributed by atoms with Crippen LogP contribution in [0.1, 0.15) is 27.6 Å². The van der Waals surface area contributed by atoms with E-state index >= 15 is 0 Å². The molecule has 0 aliphatic rings. The average molecular weight is 436 g/mol. The van der Waals surface area contributed by atoms with E-state index in [1.165, 1.54) is 6.07 Å². The molecular weight excluding hydrogens is 414 g/mol. The van der Waals surface area contributed by atoms with E-state index in [2.05, 4.69) is 25.3 Å². The largest absolute Gasteiger partial charge is 0.497 e. The Morgan fingerprint density at radius 3 is 2.81 bits per heavy atom. The van der Waals surface area contributed by atoms with Crippen LogP contribution >= 0.6 is 11.3 Å². The number of aromatic nitrogens is 4. The van der Waals surface area contributed by atoms with Gasteiger partial charge in [-0.15, -0.1) is 11.3 Å². The monoisotopic (exact) mass is 435 g/mol. The van der Waals surface area contributed by atoms with Crippen LogP contribution in [0.3, 0.4) is 0 Å². The minimum absolute atomic E-state index is 0.0929. The summed E-state index contributed by atoms with van der Waals surface area (Å²) >= 11 is 1.61. The third-order valence-electron chi connectivity index (χ3n) is 4.69. The fourth-order valence-corrected chi connectivity index (χ4v) is 3.92. The van der Waals surface area contributed by atoms with Crippen molar-refractivity contribution in [3.63, 3.8) is 0 Å². The lowest BCUT2D eigenvalue weighted by Crippen LogP contribution is -2.29. The van der Waals surface area contributed by atoms with E-state index in [1.54, 1.807) is 24.8 Å². The van der Waals surface area contributed by atoms with Crippen LogP contribution in [0.25, 0.3) is 10.6 Å². The minimum Gasteiger partial charge on any atom is -0.497 e. The second-order valence-electron chi connectivity index (χ2n) is 6.82. The Bertz CT molecular complexity index is 1210.